The van der Waals surface area contributed by atoms with Gasteiger partial charge in [-0.1, -0.05) is 48.5 Å². The molecule has 0 unspecified atom stereocenters. The van der Waals surface area contributed by atoms with Crippen molar-refractivity contribution in [3.05, 3.63) is 101 Å². The molecule has 0 heterocycles. The second-order valence-corrected chi connectivity index (χ2v) is 6.49. The maximum absolute atomic E-state index is 12.4. The summed E-state index contributed by atoms with van der Waals surface area (Å²) in [6.07, 6.45) is 0. The molecule has 0 saturated heterocycles. The van der Waals surface area contributed by atoms with Gasteiger partial charge in [0, 0.05) is 23.2 Å². The molecular formula is C23H17N3O3. The van der Waals surface area contributed by atoms with Crippen LogP contribution in [0.4, 0.5) is 21.9 Å². The van der Waals surface area contributed by atoms with Crippen molar-refractivity contribution < 1.29 is 9.72 Å². The summed E-state index contributed by atoms with van der Waals surface area (Å²) in [5.41, 5.74) is 3.20. The number of anilines is 2. The van der Waals surface area contributed by atoms with Gasteiger partial charge in [0.05, 0.1) is 10.6 Å². The van der Waals surface area contributed by atoms with E-state index in [1.54, 1.807) is 24.3 Å². The van der Waals surface area contributed by atoms with Crippen LogP contribution < -0.4 is 10.6 Å². The van der Waals surface area contributed by atoms with Gasteiger partial charge in [-0.05, 0) is 46.8 Å². The summed E-state index contributed by atoms with van der Waals surface area (Å²) in [6, 6.07) is 26.9. The summed E-state index contributed by atoms with van der Waals surface area (Å²) in [5.74, 6) is 0. The quantitative estimate of drug-likeness (QED) is 0.332. The van der Waals surface area contributed by atoms with Gasteiger partial charge in [0.2, 0.25) is 0 Å². The van der Waals surface area contributed by atoms with E-state index in [0.717, 1.165) is 27.6 Å². The van der Waals surface area contributed by atoms with Gasteiger partial charge in [-0.3, -0.25) is 10.1 Å². The molecule has 0 fully saturated rings. The third-order valence-electron chi connectivity index (χ3n) is 4.59. The van der Waals surface area contributed by atoms with Gasteiger partial charge in [-0.25, -0.2) is 4.79 Å². The molecule has 0 atom stereocenters. The highest BCUT2D eigenvalue weighted by molar-refractivity contribution is 6.06. The first-order valence-corrected chi connectivity index (χ1v) is 9.01. The normalized spacial score (nSPS) is 10.5. The number of benzene rings is 4. The van der Waals surface area contributed by atoms with Crippen LogP contribution in [0.1, 0.15) is 0 Å². The Kier molecular flexibility index (Phi) is 4.90. The average Bonchev–Trinajstić information content (AvgIpc) is 2.74. The van der Waals surface area contributed by atoms with Gasteiger partial charge in [0.25, 0.3) is 5.69 Å². The maximum Gasteiger partial charge on any atom is 0.323 e. The summed E-state index contributed by atoms with van der Waals surface area (Å²) >= 11 is 0. The number of hydrogen-bond donors (Lipinski definition) is 2. The number of nitrogens with zero attached hydrogens (tertiary/aromatic N) is 1. The average molecular weight is 383 g/mol. The van der Waals surface area contributed by atoms with E-state index < -0.39 is 4.92 Å². The third kappa shape index (κ3) is 4.06. The molecule has 0 aliphatic carbocycles. The first-order chi connectivity index (χ1) is 14.1. The van der Waals surface area contributed by atoms with Gasteiger partial charge < -0.3 is 10.6 Å². The Bertz CT molecular complexity index is 1180. The van der Waals surface area contributed by atoms with Gasteiger partial charge in [0.15, 0.2) is 0 Å². The summed E-state index contributed by atoms with van der Waals surface area (Å²) in [6.45, 7) is 0. The number of amides is 2. The molecule has 4 aromatic carbocycles. The molecule has 0 radical (unpaired) electrons. The molecule has 142 valence electrons. The van der Waals surface area contributed by atoms with Crippen LogP contribution in [0.15, 0.2) is 91.0 Å². The molecule has 6 nitrogen and oxygen atoms in total. The van der Waals surface area contributed by atoms with Crippen molar-refractivity contribution in [2.75, 3.05) is 10.6 Å². The molecule has 0 aliphatic rings. The molecule has 6 heteroatoms. The van der Waals surface area contributed by atoms with Crippen LogP contribution in [0.3, 0.4) is 0 Å². The van der Waals surface area contributed by atoms with Crippen LogP contribution in [-0.4, -0.2) is 11.0 Å². The molecule has 0 aliphatic heterocycles. The lowest BCUT2D eigenvalue weighted by molar-refractivity contribution is -0.384. The largest absolute Gasteiger partial charge is 0.323 e. The van der Waals surface area contributed by atoms with Gasteiger partial charge in [0.1, 0.15) is 0 Å². The Morgan fingerprint density at radius 1 is 0.724 bits per heavy atom. The predicted molar refractivity (Wildman–Crippen MR) is 115 cm³/mol. The first-order valence-electron chi connectivity index (χ1n) is 9.01. The smallest absolute Gasteiger partial charge is 0.308 e. The summed E-state index contributed by atoms with van der Waals surface area (Å²) in [4.78, 5) is 22.7. The van der Waals surface area contributed by atoms with E-state index in [1.807, 2.05) is 54.6 Å². The maximum atomic E-state index is 12.4. The molecule has 0 bridgehead atoms. The highest BCUT2D eigenvalue weighted by Gasteiger charge is 2.08. The minimum absolute atomic E-state index is 0.0529. The van der Waals surface area contributed by atoms with Crippen LogP contribution in [0.5, 0.6) is 0 Å². The third-order valence-corrected chi connectivity index (χ3v) is 4.59. The number of rotatable bonds is 4. The second-order valence-electron chi connectivity index (χ2n) is 6.49. The molecule has 2 amide bonds. The standard InChI is InChI=1S/C23H17N3O3/c27-23(25-22-7-3-5-18-4-1-2-6-21(18)22)24-19-12-8-16(9-13-19)17-10-14-20(15-11-17)26(28)29/h1-15H,(H2,24,25,27). The Morgan fingerprint density at radius 2 is 1.34 bits per heavy atom. The monoisotopic (exact) mass is 383 g/mol. The SMILES string of the molecule is O=C(Nc1ccc(-c2ccc([N+](=O)[O-])cc2)cc1)Nc1cccc2ccccc12. The Balaban J connectivity index is 1.45. The number of hydrogen-bond acceptors (Lipinski definition) is 3. The number of nitro benzene ring substituents is 1. The molecule has 4 aromatic rings. The first kappa shape index (κ1) is 18.2. The zero-order chi connectivity index (χ0) is 20.2. The zero-order valence-electron chi connectivity index (χ0n) is 15.3. The number of nitrogens with one attached hydrogen (secondary N) is 2. The van der Waals surface area contributed by atoms with Crippen molar-refractivity contribution >= 4 is 33.9 Å². The summed E-state index contributed by atoms with van der Waals surface area (Å²) in [5, 5.41) is 18.5. The molecule has 2 N–H and O–H groups in total. The van der Waals surface area contributed by atoms with E-state index in [-0.39, 0.29) is 11.7 Å². The topological polar surface area (TPSA) is 84.3 Å². The lowest BCUT2D eigenvalue weighted by Gasteiger charge is -2.10. The Hall–Kier alpha value is -4.19. The lowest BCUT2D eigenvalue weighted by atomic mass is 10.1. The summed E-state index contributed by atoms with van der Waals surface area (Å²) in [7, 11) is 0. The van der Waals surface area contributed by atoms with Crippen LogP contribution >= 0.6 is 0 Å². The van der Waals surface area contributed by atoms with Crippen LogP contribution in [0.2, 0.25) is 0 Å². The number of urea groups is 1. The van der Waals surface area contributed by atoms with Crippen molar-refractivity contribution in [3.8, 4) is 11.1 Å². The fourth-order valence-electron chi connectivity index (χ4n) is 3.14. The minimum Gasteiger partial charge on any atom is -0.308 e. The lowest BCUT2D eigenvalue weighted by Crippen LogP contribution is -2.19. The predicted octanol–water partition coefficient (Wildman–Crippen LogP) is 6.06. The highest BCUT2D eigenvalue weighted by Crippen LogP contribution is 2.25. The Labute approximate surface area is 167 Å². The second kappa shape index (κ2) is 7.82. The van der Waals surface area contributed by atoms with Gasteiger partial charge >= 0.3 is 6.03 Å². The van der Waals surface area contributed by atoms with E-state index in [2.05, 4.69) is 10.6 Å². The highest BCUT2D eigenvalue weighted by atomic mass is 16.6. The number of nitro groups is 1. The molecule has 29 heavy (non-hydrogen) atoms. The van der Waals surface area contributed by atoms with Crippen molar-refractivity contribution in [3.63, 3.8) is 0 Å². The number of carbonyl (C=O) groups excluding carboxylic acids is 1. The van der Waals surface area contributed by atoms with Crippen molar-refractivity contribution in [1.82, 2.24) is 0 Å². The van der Waals surface area contributed by atoms with E-state index in [9.17, 15) is 14.9 Å². The van der Waals surface area contributed by atoms with Gasteiger partial charge in [-0.2, -0.15) is 0 Å². The van der Waals surface area contributed by atoms with Crippen LogP contribution in [0, 0.1) is 10.1 Å². The summed E-state index contributed by atoms with van der Waals surface area (Å²) < 4.78 is 0. The van der Waals surface area contributed by atoms with Crippen molar-refractivity contribution in [2.24, 2.45) is 0 Å². The number of carbonyl (C=O) groups is 1. The Morgan fingerprint density at radius 3 is 2.03 bits per heavy atom. The molecule has 0 saturated carbocycles. The molecule has 0 spiro atoms. The van der Waals surface area contributed by atoms with Crippen molar-refractivity contribution in [1.29, 1.82) is 0 Å². The van der Waals surface area contributed by atoms with Gasteiger partial charge in [-0.15, -0.1) is 0 Å². The van der Waals surface area contributed by atoms with E-state index in [0.29, 0.717) is 5.69 Å². The van der Waals surface area contributed by atoms with E-state index in [1.165, 1.54) is 12.1 Å². The van der Waals surface area contributed by atoms with E-state index in [4.69, 9.17) is 0 Å². The number of fused-ring (bicyclic) bond motifs is 1. The van der Waals surface area contributed by atoms with E-state index >= 15 is 0 Å². The molecular weight excluding hydrogens is 366 g/mol. The fraction of sp³-hybridized carbons (Fsp3) is 0. The van der Waals surface area contributed by atoms with Crippen LogP contribution in [0.25, 0.3) is 21.9 Å². The van der Waals surface area contributed by atoms with Crippen LogP contribution in [-0.2, 0) is 0 Å². The minimum atomic E-state index is -0.425. The van der Waals surface area contributed by atoms with Crippen molar-refractivity contribution in [2.45, 2.75) is 0 Å². The fourth-order valence-corrected chi connectivity index (χ4v) is 3.14. The molecule has 0 aromatic heterocycles. The molecule has 4 rings (SSSR count). The zero-order valence-corrected chi connectivity index (χ0v) is 15.3. The number of non-ortho nitro benzene ring substituents is 1.